The Hall–Kier alpha value is -3.26. The molecule has 2 heteroatoms. The molecule has 5 rings (SSSR count). The summed E-state index contributed by atoms with van der Waals surface area (Å²) < 4.78 is 12.6. The van der Waals surface area contributed by atoms with Crippen LogP contribution in [0, 0.1) is 0 Å². The molecule has 1 aliphatic carbocycles. The first-order valence-corrected chi connectivity index (χ1v) is 16.3. The van der Waals surface area contributed by atoms with Crippen LogP contribution in [0.4, 0.5) is 0 Å². The summed E-state index contributed by atoms with van der Waals surface area (Å²) in [4.78, 5) is 0. The van der Waals surface area contributed by atoms with Crippen LogP contribution >= 0.6 is 0 Å². The number of hydrogen-bond donors (Lipinski definition) is 0. The summed E-state index contributed by atoms with van der Waals surface area (Å²) in [6, 6.07) is 22.8. The molecule has 0 saturated heterocycles. The molecule has 0 amide bonds. The number of hydrogen-bond acceptors (Lipinski definition) is 2. The van der Waals surface area contributed by atoms with Crippen molar-refractivity contribution < 1.29 is 9.47 Å². The van der Waals surface area contributed by atoms with Gasteiger partial charge >= 0.3 is 0 Å². The predicted octanol–water partition coefficient (Wildman–Crippen LogP) is 11.1. The average molecular weight is 549 g/mol. The van der Waals surface area contributed by atoms with Crippen LogP contribution in [0.1, 0.15) is 101 Å². The zero-order chi connectivity index (χ0) is 28.6. The van der Waals surface area contributed by atoms with Crippen molar-refractivity contribution in [3.63, 3.8) is 0 Å². The first-order valence-electron chi connectivity index (χ1n) is 16.3. The second-order valence-electron chi connectivity index (χ2n) is 11.7. The van der Waals surface area contributed by atoms with Crippen LogP contribution in [0.3, 0.4) is 0 Å². The number of aryl methyl sites for hydroxylation is 1. The van der Waals surface area contributed by atoms with Crippen LogP contribution in [0.25, 0.3) is 33.0 Å². The van der Waals surface area contributed by atoms with E-state index < -0.39 is 0 Å². The van der Waals surface area contributed by atoms with Gasteiger partial charge in [0.25, 0.3) is 0 Å². The maximum absolute atomic E-state index is 6.36. The molecule has 0 N–H and O–H groups in total. The molecule has 4 aromatic carbocycles. The standard InChI is InChI=1S/C39H48O2/c1-5-9-15-29-25-35-31-18-14-13-16-28(31)26-37(35)39(32(29)17-10-6-2)34-21-22-38(41-24-12-8-4)33-20-19-30(27-36(33)34)40-23-11-7-3/h13-14,16,18-22,25,27H,5-12,15,17,23-24,26H2,1-4H3. The fourth-order valence-corrected chi connectivity index (χ4v) is 6.33. The van der Waals surface area contributed by atoms with Crippen LogP contribution in [0.5, 0.6) is 11.5 Å². The molecule has 41 heavy (non-hydrogen) atoms. The van der Waals surface area contributed by atoms with Crippen molar-refractivity contribution in [3.05, 3.63) is 82.9 Å². The highest BCUT2D eigenvalue weighted by Crippen LogP contribution is 2.48. The summed E-state index contributed by atoms with van der Waals surface area (Å²) in [5.74, 6) is 1.93. The van der Waals surface area contributed by atoms with Crippen molar-refractivity contribution in [2.75, 3.05) is 13.2 Å². The van der Waals surface area contributed by atoms with E-state index in [0.29, 0.717) is 0 Å². The lowest BCUT2D eigenvalue weighted by Crippen LogP contribution is -2.04. The van der Waals surface area contributed by atoms with Gasteiger partial charge in [-0.1, -0.05) is 89.8 Å². The van der Waals surface area contributed by atoms with Gasteiger partial charge in [-0.3, -0.25) is 0 Å². The number of fused-ring (bicyclic) bond motifs is 4. The Bertz CT molecular complexity index is 1460. The van der Waals surface area contributed by atoms with Gasteiger partial charge in [-0.25, -0.2) is 0 Å². The van der Waals surface area contributed by atoms with E-state index in [2.05, 4.69) is 88.4 Å². The number of rotatable bonds is 15. The Kier molecular flexibility index (Phi) is 10.0. The fourth-order valence-electron chi connectivity index (χ4n) is 6.33. The molecule has 0 radical (unpaired) electrons. The highest BCUT2D eigenvalue weighted by atomic mass is 16.5. The van der Waals surface area contributed by atoms with E-state index in [1.165, 1.54) is 75.4 Å². The highest BCUT2D eigenvalue weighted by Gasteiger charge is 2.27. The third-order valence-electron chi connectivity index (χ3n) is 8.63. The molecular weight excluding hydrogens is 500 g/mol. The Labute approximate surface area is 248 Å². The molecule has 0 saturated carbocycles. The Morgan fingerprint density at radius 1 is 0.610 bits per heavy atom. The second kappa shape index (κ2) is 14.1. The van der Waals surface area contributed by atoms with Crippen molar-refractivity contribution in [2.45, 2.75) is 98.3 Å². The summed E-state index contributed by atoms with van der Waals surface area (Å²) in [6.07, 6.45) is 12.5. The van der Waals surface area contributed by atoms with Crippen LogP contribution < -0.4 is 9.47 Å². The number of benzene rings is 4. The van der Waals surface area contributed by atoms with Crippen LogP contribution in [0.15, 0.2) is 60.7 Å². The van der Waals surface area contributed by atoms with E-state index in [4.69, 9.17) is 9.47 Å². The number of unbranched alkanes of at least 4 members (excludes halogenated alkanes) is 4. The lowest BCUT2D eigenvalue weighted by atomic mass is 9.82. The molecule has 1 aliphatic rings. The minimum absolute atomic E-state index is 0.749. The zero-order valence-corrected chi connectivity index (χ0v) is 25.8. The Morgan fingerprint density at radius 2 is 1.34 bits per heavy atom. The van der Waals surface area contributed by atoms with E-state index in [-0.39, 0.29) is 0 Å². The van der Waals surface area contributed by atoms with Gasteiger partial charge in [0.1, 0.15) is 11.5 Å². The van der Waals surface area contributed by atoms with Crippen molar-refractivity contribution in [1.82, 2.24) is 0 Å². The first kappa shape index (κ1) is 29.2. The lowest BCUT2D eigenvalue weighted by Gasteiger charge is -2.22. The van der Waals surface area contributed by atoms with Crippen LogP contribution in [-0.2, 0) is 19.3 Å². The molecular formula is C39H48O2. The van der Waals surface area contributed by atoms with E-state index in [0.717, 1.165) is 69.7 Å². The molecule has 0 unspecified atom stereocenters. The number of ether oxygens (including phenoxy) is 2. The van der Waals surface area contributed by atoms with Crippen molar-refractivity contribution >= 4 is 10.8 Å². The first-order chi connectivity index (χ1) is 20.2. The van der Waals surface area contributed by atoms with Gasteiger partial charge in [0.2, 0.25) is 0 Å². The quantitative estimate of drug-likeness (QED) is 0.121. The molecule has 2 nitrogen and oxygen atoms in total. The third kappa shape index (κ3) is 6.32. The molecule has 0 aliphatic heterocycles. The predicted molar refractivity (Wildman–Crippen MR) is 176 cm³/mol. The second-order valence-corrected chi connectivity index (χ2v) is 11.7. The van der Waals surface area contributed by atoms with Crippen molar-refractivity contribution in [2.24, 2.45) is 0 Å². The van der Waals surface area contributed by atoms with Gasteiger partial charge in [0.15, 0.2) is 0 Å². The summed E-state index contributed by atoms with van der Waals surface area (Å²) in [7, 11) is 0. The zero-order valence-electron chi connectivity index (χ0n) is 25.8. The van der Waals surface area contributed by atoms with Crippen molar-refractivity contribution in [3.8, 4) is 33.8 Å². The Morgan fingerprint density at radius 3 is 2.12 bits per heavy atom. The molecule has 0 heterocycles. The normalized spacial score (nSPS) is 12.0. The summed E-state index contributed by atoms with van der Waals surface area (Å²) in [5.41, 5.74) is 11.7. The molecule has 0 atom stereocenters. The minimum Gasteiger partial charge on any atom is -0.494 e. The molecule has 216 valence electrons. The fraction of sp³-hybridized carbons (Fsp3) is 0.436. The van der Waals surface area contributed by atoms with Gasteiger partial charge in [0.05, 0.1) is 13.2 Å². The largest absolute Gasteiger partial charge is 0.494 e. The summed E-state index contributed by atoms with van der Waals surface area (Å²) >= 11 is 0. The van der Waals surface area contributed by atoms with E-state index in [1.54, 1.807) is 5.56 Å². The van der Waals surface area contributed by atoms with Crippen LogP contribution in [0.2, 0.25) is 0 Å². The molecule has 4 aromatic rings. The van der Waals surface area contributed by atoms with Gasteiger partial charge < -0.3 is 9.47 Å². The minimum atomic E-state index is 0.749. The topological polar surface area (TPSA) is 18.5 Å². The highest BCUT2D eigenvalue weighted by molar-refractivity contribution is 6.03. The smallest absolute Gasteiger partial charge is 0.127 e. The summed E-state index contributed by atoms with van der Waals surface area (Å²) in [6.45, 7) is 10.5. The monoisotopic (exact) mass is 548 g/mol. The van der Waals surface area contributed by atoms with Gasteiger partial charge in [0, 0.05) is 5.39 Å². The van der Waals surface area contributed by atoms with E-state index in [1.807, 2.05) is 0 Å². The van der Waals surface area contributed by atoms with Gasteiger partial charge in [-0.15, -0.1) is 0 Å². The molecule has 0 spiro atoms. The SMILES string of the molecule is CCCCOc1ccc2c(OCCCC)ccc(-c3c(CCCC)c(CCCC)cc4c3Cc3ccccc3-4)c2c1. The lowest BCUT2D eigenvalue weighted by molar-refractivity contribution is 0.309. The molecule has 0 aromatic heterocycles. The Balaban J connectivity index is 1.75. The summed E-state index contributed by atoms with van der Waals surface area (Å²) in [5, 5.41) is 2.43. The van der Waals surface area contributed by atoms with E-state index in [9.17, 15) is 0 Å². The van der Waals surface area contributed by atoms with Crippen LogP contribution in [-0.4, -0.2) is 13.2 Å². The molecule has 0 fully saturated rings. The van der Waals surface area contributed by atoms with E-state index >= 15 is 0 Å². The average Bonchev–Trinajstić information content (AvgIpc) is 3.37. The maximum Gasteiger partial charge on any atom is 0.127 e. The third-order valence-corrected chi connectivity index (χ3v) is 8.63. The van der Waals surface area contributed by atoms with Gasteiger partial charge in [-0.2, -0.15) is 0 Å². The maximum atomic E-state index is 6.36. The van der Waals surface area contributed by atoms with Crippen molar-refractivity contribution in [1.29, 1.82) is 0 Å². The molecule has 0 bridgehead atoms. The van der Waals surface area contributed by atoms with Gasteiger partial charge in [-0.05, 0) is 119 Å².